The lowest BCUT2D eigenvalue weighted by Crippen LogP contribution is -2.00. The summed E-state index contributed by atoms with van der Waals surface area (Å²) in [5.41, 5.74) is 1.42. The van der Waals surface area contributed by atoms with Gasteiger partial charge in [0.1, 0.15) is 5.15 Å². The van der Waals surface area contributed by atoms with Crippen LogP contribution in [0.15, 0.2) is 12.1 Å². The van der Waals surface area contributed by atoms with Crippen molar-refractivity contribution in [2.45, 2.75) is 13.3 Å². The van der Waals surface area contributed by atoms with Crippen molar-refractivity contribution in [3.63, 3.8) is 0 Å². The number of hydrogen-bond donors (Lipinski definition) is 1. The predicted molar refractivity (Wildman–Crippen MR) is 45.3 cm³/mol. The van der Waals surface area contributed by atoms with E-state index in [0.717, 1.165) is 5.69 Å². The van der Waals surface area contributed by atoms with Crippen molar-refractivity contribution in [1.29, 1.82) is 0 Å². The van der Waals surface area contributed by atoms with E-state index in [9.17, 15) is 4.79 Å². The average molecular weight is 186 g/mol. The van der Waals surface area contributed by atoms with Crippen LogP contribution in [0.3, 0.4) is 0 Å². The number of nitrogens with zero attached hydrogens (tertiary/aromatic N) is 1. The zero-order chi connectivity index (χ0) is 9.14. The molecule has 0 spiro atoms. The lowest BCUT2D eigenvalue weighted by molar-refractivity contribution is -0.136. The van der Waals surface area contributed by atoms with Crippen molar-refractivity contribution in [3.05, 3.63) is 28.5 Å². The second-order valence-electron chi connectivity index (χ2n) is 2.51. The third kappa shape index (κ3) is 2.51. The van der Waals surface area contributed by atoms with Crippen LogP contribution in [0.5, 0.6) is 0 Å². The van der Waals surface area contributed by atoms with Crippen LogP contribution < -0.4 is 0 Å². The number of halogens is 1. The van der Waals surface area contributed by atoms with Gasteiger partial charge >= 0.3 is 5.97 Å². The SMILES string of the molecule is Cc1cc(CC(=O)O)cc(Cl)n1. The van der Waals surface area contributed by atoms with Gasteiger partial charge in [0.2, 0.25) is 0 Å². The van der Waals surface area contributed by atoms with Gasteiger partial charge in [-0.1, -0.05) is 11.6 Å². The first kappa shape index (κ1) is 9.00. The van der Waals surface area contributed by atoms with Gasteiger partial charge < -0.3 is 5.11 Å². The summed E-state index contributed by atoms with van der Waals surface area (Å²) < 4.78 is 0. The number of aliphatic carboxylic acids is 1. The molecule has 0 aromatic carbocycles. The van der Waals surface area contributed by atoms with Crippen molar-refractivity contribution in [2.75, 3.05) is 0 Å². The van der Waals surface area contributed by atoms with Crippen molar-refractivity contribution < 1.29 is 9.90 Å². The molecule has 0 unspecified atom stereocenters. The maximum absolute atomic E-state index is 10.3. The van der Waals surface area contributed by atoms with Gasteiger partial charge in [-0.3, -0.25) is 4.79 Å². The van der Waals surface area contributed by atoms with Crippen molar-refractivity contribution in [1.82, 2.24) is 4.98 Å². The molecule has 1 heterocycles. The maximum Gasteiger partial charge on any atom is 0.307 e. The summed E-state index contributed by atoms with van der Waals surface area (Å²) >= 11 is 5.63. The van der Waals surface area contributed by atoms with E-state index in [2.05, 4.69) is 4.98 Å². The van der Waals surface area contributed by atoms with Crippen molar-refractivity contribution >= 4 is 17.6 Å². The monoisotopic (exact) mass is 185 g/mol. The number of carboxylic acid groups (broad SMARTS) is 1. The van der Waals surface area contributed by atoms with Crippen LogP contribution in [0.4, 0.5) is 0 Å². The molecule has 0 aliphatic carbocycles. The van der Waals surface area contributed by atoms with Gasteiger partial charge in [0, 0.05) is 5.69 Å². The summed E-state index contributed by atoms with van der Waals surface area (Å²) in [6.45, 7) is 1.78. The highest BCUT2D eigenvalue weighted by atomic mass is 35.5. The third-order valence-corrected chi connectivity index (χ3v) is 1.53. The first-order chi connectivity index (χ1) is 5.58. The highest BCUT2D eigenvalue weighted by Gasteiger charge is 2.02. The average Bonchev–Trinajstić information content (AvgIpc) is 1.81. The Labute approximate surface area is 75.0 Å². The largest absolute Gasteiger partial charge is 0.481 e. The van der Waals surface area contributed by atoms with Crippen LogP contribution >= 0.6 is 11.6 Å². The molecule has 0 aliphatic rings. The summed E-state index contributed by atoms with van der Waals surface area (Å²) in [6.07, 6.45) is -0.0108. The van der Waals surface area contributed by atoms with E-state index in [4.69, 9.17) is 16.7 Å². The van der Waals surface area contributed by atoms with Crippen LogP contribution in [-0.4, -0.2) is 16.1 Å². The molecule has 0 saturated heterocycles. The number of rotatable bonds is 2. The molecular weight excluding hydrogens is 178 g/mol. The minimum Gasteiger partial charge on any atom is -0.481 e. The second-order valence-corrected chi connectivity index (χ2v) is 2.90. The minimum atomic E-state index is -0.864. The van der Waals surface area contributed by atoms with Crippen LogP contribution in [-0.2, 0) is 11.2 Å². The lowest BCUT2D eigenvalue weighted by Gasteiger charge is -1.99. The molecule has 12 heavy (non-hydrogen) atoms. The zero-order valence-electron chi connectivity index (χ0n) is 6.54. The fourth-order valence-corrected chi connectivity index (χ4v) is 1.25. The van der Waals surface area contributed by atoms with E-state index in [0.29, 0.717) is 10.7 Å². The molecule has 1 aromatic heterocycles. The standard InChI is InChI=1S/C8H8ClNO2/c1-5-2-6(4-8(11)12)3-7(9)10-5/h2-3H,4H2,1H3,(H,11,12). The number of aryl methyl sites for hydroxylation is 1. The third-order valence-electron chi connectivity index (χ3n) is 1.34. The number of carbonyl (C=O) groups is 1. The van der Waals surface area contributed by atoms with Gasteiger partial charge in [-0.05, 0) is 24.6 Å². The van der Waals surface area contributed by atoms with E-state index in [1.54, 1.807) is 19.1 Å². The molecule has 0 amide bonds. The van der Waals surface area contributed by atoms with Crippen molar-refractivity contribution in [2.24, 2.45) is 0 Å². The van der Waals surface area contributed by atoms with Crippen molar-refractivity contribution in [3.8, 4) is 0 Å². The fourth-order valence-electron chi connectivity index (χ4n) is 0.973. The Hall–Kier alpha value is -1.09. The molecule has 1 aromatic rings. The first-order valence-corrected chi connectivity index (χ1v) is 3.80. The normalized spacial score (nSPS) is 9.83. The molecule has 1 rings (SSSR count). The number of pyridine rings is 1. The minimum absolute atomic E-state index is 0.0108. The Bertz CT molecular complexity index is 292. The number of aromatic nitrogens is 1. The van der Waals surface area contributed by atoms with E-state index in [-0.39, 0.29) is 6.42 Å². The number of carboxylic acids is 1. The highest BCUT2D eigenvalue weighted by molar-refractivity contribution is 6.29. The summed E-state index contributed by atoms with van der Waals surface area (Å²) in [4.78, 5) is 14.2. The molecule has 1 N–H and O–H groups in total. The molecule has 0 saturated carbocycles. The van der Waals surface area contributed by atoms with Crippen LogP contribution in [0.25, 0.3) is 0 Å². The van der Waals surface area contributed by atoms with E-state index >= 15 is 0 Å². The Morgan fingerprint density at radius 1 is 1.67 bits per heavy atom. The summed E-state index contributed by atoms with van der Waals surface area (Å²) in [5, 5.41) is 8.82. The Morgan fingerprint density at radius 2 is 2.33 bits per heavy atom. The fraction of sp³-hybridized carbons (Fsp3) is 0.250. The van der Waals surface area contributed by atoms with Crippen LogP contribution in [0, 0.1) is 6.92 Å². The molecule has 0 bridgehead atoms. The number of hydrogen-bond acceptors (Lipinski definition) is 2. The molecule has 0 radical (unpaired) electrons. The molecule has 0 atom stereocenters. The Morgan fingerprint density at radius 3 is 2.83 bits per heavy atom. The molecule has 0 fully saturated rings. The molecule has 4 heteroatoms. The summed E-state index contributed by atoms with van der Waals surface area (Å²) in [5.74, 6) is -0.864. The van der Waals surface area contributed by atoms with Gasteiger partial charge in [-0.2, -0.15) is 0 Å². The molecule has 64 valence electrons. The van der Waals surface area contributed by atoms with Crippen LogP contribution in [0.2, 0.25) is 5.15 Å². The van der Waals surface area contributed by atoms with Gasteiger partial charge in [0.05, 0.1) is 6.42 Å². The Kier molecular flexibility index (Phi) is 2.65. The topological polar surface area (TPSA) is 50.2 Å². The molecule has 3 nitrogen and oxygen atoms in total. The quantitative estimate of drug-likeness (QED) is 0.714. The van der Waals surface area contributed by atoms with E-state index in [1.165, 1.54) is 0 Å². The van der Waals surface area contributed by atoms with Gasteiger partial charge in [0.25, 0.3) is 0 Å². The smallest absolute Gasteiger partial charge is 0.307 e. The molecule has 0 aliphatic heterocycles. The van der Waals surface area contributed by atoms with E-state index in [1.807, 2.05) is 0 Å². The maximum atomic E-state index is 10.3. The lowest BCUT2D eigenvalue weighted by atomic mass is 10.2. The Balaban J connectivity index is 2.93. The first-order valence-electron chi connectivity index (χ1n) is 3.43. The zero-order valence-corrected chi connectivity index (χ0v) is 7.30. The van der Waals surface area contributed by atoms with Gasteiger partial charge in [-0.25, -0.2) is 4.98 Å². The highest BCUT2D eigenvalue weighted by Crippen LogP contribution is 2.10. The summed E-state index contributed by atoms with van der Waals surface area (Å²) in [7, 11) is 0. The summed E-state index contributed by atoms with van der Waals surface area (Å²) in [6, 6.07) is 3.27. The molecular formula is C8H8ClNO2. The van der Waals surface area contributed by atoms with Gasteiger partial charge in [0.15, 0.2) is 0 Å². The van der Waals surface area contributed by atoms with Crippen LogP contribution in [0.1, 0.15) is 11.3 Å². The predicted octanol–water partition coefficient (Wildman–Crippen LogP) is 1.67. The van der Waals surface area contributed by atoms with Gasteiger partial charge in [-0.15, -0.1) is 0 Å². The van der Waals surface area contributed by atoms with E-state index < -0.39 is 5.97 Å². The second kappa shape index (κ2) is 3.54.